The highest BCUT2D eigenvalue weighted by Gasteiger charge is 2.26. The predicted octanol–water partition coefficient (Wildman–Crippen LogP) is 1.96. The molecule has 1 atom stereocenters. The topological polar surface area (TPSA) is 53.0 Å². The van der Waals surface area contributed by atoms with Crippen LogP contribution in [0.5, 0.6) is 11.5 Å². The van der Waals surface area contributed by atoms with E-state index in [2.05, 4.69) is 11.8 Å². The van der Waals surface area contributed by atoms with Crippen LogP contribution in [0.2, 0.25) is 0 Å². The summed E-state index contributed by atoms with van der Waals surface area (Å²) >= 11 is 0. The van der Waals surface area contributed by atoms with Gasteiger partial charge in [-0.15, -0.1) is 0 Å². The molecule has 5 nitrogen and oxygen atoms in total. The van der Waals surface area contributed by atoms with E-state index in [1.54, 1.807) is 17.0 Å². The van der Waals surface area contributed by atoms with Crippen LogP contribution in [-0.4, -0.2) is 60.6 Å². The van der Waals surface area contributed by atoms with Gasteiger partial charge in [0.05, 0.1) is 7.11 Å². The summed E-state index contributed by atoms with van der Waals surface area (Å²) in [6, 6.07) is 5.20. The summed E-state index contributed by atoms with van der Waals surface area (Å²) < 4.78 is 4.99. The van der Waals surface area contributed by atoms with E-state index < -0.39 is 0 Å². The zero-order chi connectivity index (χ0) is 15.4. The van der Waals surface area contributed by atoms with Crippen molar-refractivity contribution < 1.29 is 14.6 Å². The number of likely N-dealkylation sites (N-methyl/N-ethyl adjacent to an activating group) is 2. The van der Waals surface area contributed by atoms with Crippen molar-refractivity contribution in [1.29, 1.82) is 0 Å². The fourth-order valence-corrected chi connectivity index (χ4v) is 2.96. The van der Waals surface area contributed by atoms with Crippen LogP contribution in [0.15, 0.2) is 18.2 Å². The molecule has 5 heteroatoms. The minimum Gasteiger partial charge on any atom is -0.504 e. The van der Waals surface area contributed by atoms with Crippen LogP contribution >= 0.6 is 0 Å². The van der Waals surface area contributed by atoms with E-state index in [-0.39, 0.29) is 11.7 Å². The number of aromatic hydroxyl groups is 1. The highest BCUT2D eigenvalue weighted by molar-refractivity contribution is 5.94. The quantitative estimate of drug-likeness (QED) is 0.901. The van der Waals surface area contributed by atoms with Crippen molar-refractivity contribution in [3.8, 4) is 11.5 Å². The number of hydrogen-bond donors (Lipinski definition) is 1. The van der Waals surface area contributed by atoms with E-state index in [0.29, 0.717) is 17.4 Å². The van der Waals surface area contributed by atoms with Crippen LogP contribution in [0.25, 0.3) is 0 Å². The summed E-state index contributed by atoms with van der Waals surface area (Å²) in [4.78, 5) is 16.6. The Bertz CT molecular complexity index is 504. The first-order valence-electron chi connectivity index (χ1n) is 7.43. The largest absolute Gasteiger partial charge is 0.504 e. The second-order valence-electron chi connectivity index (χ2n) is 5.50. The third kappa shape index (κ3) is 3.47. The first-order valence-corrected chi connectivity index (χ1v) is 7.43. The molecule has 0 aliphatic carbocycles. The van der Waals surface area contributed by atoms with Crippen molar-refractivity contribution in [3.05, 3.63) is 23.8 Å². The summed E-state index contributed by atoms with van der Waals surface area (Å²) in [6.07, 6.45) is 2.34. The molecule has 2 rings (SSSR count). The Morgan fingerprint density at radius 1 is 1.52 bits per heavy atom. The van der Waals surface area contributed by atoms with Crippen LogP contribution in [0.1, 0.15) is 30.1 Å². The highest BCUT2D eigenvalue weighted by Crippen LogP contribution is 2.27. The Hall–Kier alpha value is -1.75. The Kier molecular flexibility index (Phi) is 5.07. The van der Waals surface area contributed by atoms with Gasteiger partial charge in [0.15, 0.2) is 11.5 Å². The lowest BCUT2D eigenvalue weighted by Crippen LogP contribution is -2.41. The smallest absolute Gasteiger partial charge is 0.253 e. The van der Waals surface area contributed by atoms with Gasteiger partial charge in [0.2, 0.25) is 0 Å². The number of rotatable bonds is 5. The minimum absolute atomic E-state index is 0.00667. The fourth-order valence-electron chi connectivity index (χ4n) is 2.96. The van der Waals surface area contributed by atoms with Gasteiger partial charge in [-0.1, -0.05) is 6.92 Å². The average molecular weight is 292 g/mol. The predicted molar refractivity (Wildman–Crippen MR) is 81.9 cm³/mol. The molecule has 0 radical (unpaired) electrons. The van der Waals surface area contributed by atoms with E-state index >= 15 is 0 Å². The van der Waals surface area contributed by atoms with Crippen molar-refractivity contribution >= 4 is 5.91 Å². The summed E-state index contributed by atoms with van der Waals surface area (Å²) in [5, 5.41) is 9.78. The van der Waals surface area contributed by atoms with Crippen LogP contribution in [-0.2, 0) is 0 Å². The lowest BCUT2D eigenvalue weighted by atomic mass is 10.1. The fraction of sp³-hybridized carbons (Fsp3) is 0.562. The lowest BCUT2D eigenvalue weighted by molar-refractivity contribution is 0.0754. The Balaban J connectivity index is 2.03. The van der Waals surface area contributed by atoms with E-state index in [1.807, 2.05) is 7.05 Å². The second-order valence-corrected chi connectivity index (χ2v) is 5.50. The third-order valence-electron chi connectivity index (χ3n) is 4.16. The standard InChI is InChI=1S/C16H24N2O3/c1-4-18-9-5-6-13(18)11-17(2)16(20)12-7-8-15(21-3)14(19)10-12/h7-8,10,13,19H,4-6,9,11H2,1-3H3. The molecule has 116 valence electrons. The molecular weight excluding hydrogens is 268 g/mol. The minimum atomic E-state index is -0.0732. The van der Waals surface area contributed by atoms with Gasteiger partial charge < -0.3 is 14.7 Å². The van der Waals surface area contributed by atoms with E-state index in [0.717, 1.165) is 26.1 Å². The van der Waals surface area contributed by atoms with Gasteiger partial charge in [0.1, 0.15) is 0 Å². The van der Waals surface area contributed by atoms with Gasteiger partial charge in [0.25, 0.3) is 5.91 Å². The number of carbonyl (C=O) groups excluding carboxylic acids is 1. The molecule has 0 saturated carbocycles. The van der Waals surface area contributed by atoms with Gasteiger partial charge in [-0.05, 0) is 44.1 Å². The summed E-state index contributed by atoms with van der Waals surface area (Å²) in [5.41, 5.74) is 0.483. The van der Waals surface area contributed by atoms with E-state index in [9.17, 15) is 9.90 Å². The summed E-state index contributed by atoms with van der Waals surface area (Å²) in [5.74, 6) is 0.297. The van der Waals surface area contributed by atoms with Gasteiger partial charge in [-0.2, -0.15) is 0 Å². The maximum Gasteiger partial charge on any atom is 0.253 e. The number of amides is 1. The number of carbonyl (C=O) groups is 1. The molecule has 1 saturated heterocycles. The molecule has 1 heterocycles. The number of nitrogens with zero attached hydrogens (tertiary/aromatic N) is 2. The SMILES string of the molecule is CCN1CCCC1CN(C)C(=O)c1ccc(OC)c(O)c1. The molecule has 1 fully saturated rings. The molecule has 1 N–H and O–H groups in total. The molecular formula is C16H24N2O3. The molecule has 1 unspecified atom stereocenters. The van der Waals surface area contributed by atoms with Gasteiger partial charge in [0, 0.05) is 25.2 Å². The van der Waals surface area contributed by atoms with Crippen molar-refractivity contribution in [1.82, 2.24) is 9.80 Å². The van der Waals surface area contributed by atoms with Gasteiger partial charge in [-0.25, -0.2) is 0 Å². The Morgan fingerprint density at radius 2 is 2.29 bits per heavy atom. The maximum absolute atomic E-state index is 12.4. The average Bonchev–Trinajstić information content (AvgIpc) is 2.93. The van der Waals surface area contributed by atoms with Gasteiger partial charge in [-0.3, -0.25) is 9.69 Å². The molecule has 1 aliphatic rings. The van der Waals surface area contributed by atoms with Gasteiger partial charge >= 0.3 is 0 Å². The summed E-state index contributed by atoms with van der Waals surface area (Å²) in [7, 11) is 3.30. The van der Waals surface area contributed by atoms with Crippen LogP contribution < -0.4 is 4.74 Å². The van der Waals surface area contributed by atoms with Crippen molar-refractivity contribution in [2.45, 2.75) is 25.8 Å². The number of benzene rings is 1. The number of phenols is 1. The zero-order valence-corrected chi connectivity index (χ0v) is 13.0. The Labute approximate surface area is 126 Å². The monoisotopic (exact) mass is 292 g/mol. The number of methoxy groups -OCH3 is 1. The number of likely N-dealkylation sites (tertiary alicyclic amines) is 1. The van der Waals surface area contributed by atoms with Crippen molar-refractivity contribution in [2.24, 2.45) is 0 Å². The lowest BCUT2D eigenvalue weighted by Gasteiger charge is -2.27. The normalized spacial score (nSPS) is 18.7. The Morgan fingerprint density at radius 3 is 2.90 bits per heavy atom. The molecule has 1 aliphatic heterocycles. The van der Waals surface area contributed by atoms with E-state index in [4.69, 9.17) is 4.74 Å². The summed E-state index contributed by atoms with van der Waals surface area (Å²) in [6.45, 7) is 5.02. The first-order chi connectivity index (χ1) is 10.1. The molecule has 21 heavy (non-hydrogen) atoms. The van der Waals surface area contributed by atoms with Crippen LogP contribution in [0.4, 0.5) is 0 Å². The molecule has 0 aromatic heterocycles. The van der Waals surface area contributed by atoms with Crippen LogP contribution in [0.3, 0.4) is 0 Å². The zero-order valence-electron chi connectivity index (χ0n) is 13.0. The first kappa shape index (κ1) is 15.6. The molecule has 1 aromatic carbocycles. The third-order valence-corrected chi connectivity index (χ3v) is 4.16. The van der Waals surface area contributed by atoms with Crippen molar-refractivity contribution in [3.63, 3.8) is 0 Å². The van der Waals surface area contributed by atoms with Crippen molar-refractivity contribution in [2.75, 3.05) is 33.8 Å². The molecule has 1 amide bonds. The van der Waals surface area contributed by atoms with Crippen LogP contribution in [0, 0.1) is 0 Å². The number of hydrogen-bond acceptors (Lipinski definition) is 4. The maximum atomic E-state index is 12.4. The molecule has 1 aromatic rings. The molecule has 0 bridgehead atoms. The second kappa shape index (κ2) is 6.80. The number of ether oxygens (including phenoxy) is 1. The van der Waals surface area contributed by atoms with E-state index in [1.165, 1.54) is 19.6 Å². The molecule has 0 spiro atoms. The highest BCUT2D eigenvalue weighted by atomic mass is 16.5. The number of phenolic OH excluding ortho intramolecular Hbond substituents is 1.